The van der Waals surface area contributed by atoms with Gasteiger partial charge < -0.3 is 15.7 Å². The van der Waals surface area contributed by atoms with Gasteiger partial charge in [0.2, 0.25) is 0 Å². The van der Waals surface area contributed by atoms with Crippen molar-refractivity contribution in [3.05, 3.63) is 12.4 Å². The first kappa shape index (κ1) is 10.7. The Balaban J connectivity index is 2.50. The molecule has 1 heterocycles. The van der Waals surface area contributed by atoms with E-state index in [-0.39, 0.29) is 6.10 Å². The zero-order valence-electron chi connectivity index (χ0n) is 8.49. The molecule has 0 saturated heterocycles. The Bertz CT molecular complexity index is 279. The summed E-state index contributed by atoms with van der Waals surface area (Å²) in [7, 11) is 1.80. The highest BCUT2D eigenvalue weighted by Crippen LogP contribution is 2.07. The van der Waals surface area contributed by atoms with Gasteiger partial charge in [-0.15, -0.1) is 0 Å². The van der Waals surface area contributed by atoms with Crippen LogP contribution in [0, 0.1) is 0 Å². The molecule has 0 aliphatic rings. The molecule has 0 spiro atoms. The van der Waals surface area contributed by atoms with E-state index >= 15 is 0 Å². The van der Waals surface area contributed by atoms with Crippen LogP contribution >= 0.6 is 0 Å². The van der Waals surface area contributed by atoms with Gasteiger partial charge in [-0.2, -0.15) is 0 Å². The maximum Gasteiger partial charge on any atom is 0.131 e. The Morgan fingerprint density at radius 1 is 1.43 bits per heavy atom. The second-order valence-electron chi connectivity index (χ2n) is 2.98. The molecule has 1 unspecified atom stereocenters. The van der Waals surface area contributed by atoms with Gasteiger partial charge in [-0.05, 0) is 6.42 Å². The number of hydrogen-bond donors (Lipinski definition) is 3. The lowest BCUT2D eigenvalue weighted by Crippen LogP contribution is -2.18. The predicted molar refractivity (Wildman–Crippen MR) is 56.4 cm³/mol. The number of nitrogens with one attached hydrogen (secondary N) is 2. The van der Waals surface area contributed by atoms with Crippen LogP contribution in [0.1, 0.15) is 13.3 Å². The van der Waals surface area contributed by atoms with E-state index in [1.54, 1.807) is 13.1 Å². The highest BCUT2D eigenvalue weighted by molar-refractivity contribution is 5.45. The third kappa shape index (κ3) is 3.18. The lowest BCUT2D eigenvalue weighted by molar-refractivity contribution is 0.183. The van der Waals surface area contributed by atoms with Crippen LogP contribution in [0.3, 0.4) is 0 Å². The van der Waals surface area contributed by atoms with Crippen LogP contribution in [0.4, 0.5) is 11.6 Å². The number of aliphatic hydroxyl groups is 1. The van der Waals surface area contributed by atoms with Crippen LogP contribution < -0.4 is 10.6 Å². The van der Waals surface area contributed by atoms with Crippen LogP contribution in [0.15, 0.2) is 12.4 Å². The van der Waals surface area contributed by atoms with Crippen molar-refractivity contribution in [3.8, 4) is 0 Å². The van der Waals surface area contributed by atoms with E-state index in [4.69, 9.17) is 0 Å². The van der Waals surface area contributed by atoms with E-state index in [2.05, 4.69) is 20.6 Å². The highest BCUT2D eigenvalue weighted by Gasteiger charge is 2.01. The minimum atomic E-state index is -0.331. The summed E-state index contributed by atoms with van der Waals surface area (Å²) in [6, 6.07) is 1.79. The van der Waals surface area contributed by atoms with E-state index in [9.17, 15) is 5.11 Å². The van der Waals surface area contributed by atoms with Gasteiger partial charge in [-0.1, -0.05) is 6.92 Å². The van der Waals surface area contributed by atoms with Crippen molar-refractivity contribution >= 4 is 11.6 Å². The van der Waals surface area contributed by atoms with Crippen LogP contribution in [0.5, 0.6) is 0 Å². The fourth-order valence-corrected chi connectivity index (χ4v) is 0.957. The number of nitrogens with zero attached hydrogens (tertiary/aromatic N) is 2. The van der Waals surface area contributed by atoms with Crippen LogP contribution in [0.25, 0.3) is 0 Å². The average molecular weight is 196 g/mol. The Morgan fingerprint density at radius 2 is 2.14 bits per heavy atom. The Morgan fingerprint density at radius 3 is 2.79 bits per heavy atom. The number of rotatable bonds is 5. The molecule has 3 N–H and O–H groups in total. The third-order valence-corrected chi connectivity index (χ3v) is 1.91. The van der Waals surface area contributed by atoms with Gasteiger partial charge >= 0.3 is 0 Å². The second kappa shape index (κ2) is 5.39. The van der Waals surface area contributed by atoms with Crippen molar-refractivity contribution in [2.24, 2.45) is 0 Å². The number of aromatic nitrogens is 2. The van der Waals surface area contributed by atoms with Gasteiger partial charge in [-0.3, -0.25) is 0 Å². The van der Waals surface area contributed by atoms with E-state index in [0.29, 0.717) is 6.54 Å². The summed E-state index contributed by atoms with van der Waals surface area (Å²) in [5, 5.41) is 15.3. The van der Waals surface area contributed by atoms with Crippen molar-refractivity contribution < 1.29 is 5.11 Å². The van der Waals surface area contributed by atoms with Crippen LogP contribution in [0.2, 0.25) is 0 Å². The van der Waals surface area contributed by atoms with Crippen molar-refractivity contribution in [1.29, 1.82) is 0 Å². The minimum absolute atomic E-state index is 0.331. The van der Waals surface area contributed by atoms with Crippen LogP contribution in [-0.2, 0) is 0 Å². The Kier molecular flexibility index (Phi) is 4.12. The summed E-state index contributed by atoms with van der Waals surface area (Å²) in [5.74, 6) is 1.48. The van der Waals surface area contributed by atoms with Crippen molar-refractivity contribution in [2.45, 2.75) is 19.4 Å². The molecule has 0 aliphatic carbocycles. The monoisotopic (exact) mass is 196 g/mol. The molecule has 0 aliphatic heterocycles. The molecule has 0 saturated carbocycles. The summed E-state index contributed by atoms with van der Waals surface area (Å²) < 4.78 is 0. The molecule has 5 heteroatoms. The first-order chi connectivity index (χ1) is 6.76. The summed E-state index contributed by atoms with van der Waals surface area (Å²) in [6.07, 6.45) is 1.88. The standard InChI is InChI=1S/C9H16N4O/c1-3-7(14)5-11-9-4-8(10-2)12-6-13-9/h4,6-7,14H,3,5H2,1-2H3,(H2,10,11,12,13). The topological polar surface area (TPSA) is 70.1 Å². The quantitative estimate of drug-likeness (QED) is 0.646. The lowest BCUT2D eigenvalue weighted by Gasteiger charge is -2.10. The highest BCUT2D eigenvalue weighted by atomic mass is 16.3. The molecule has 5 nitrogen and oxygen atoms in total. The van der Waals surface area contributed by atoms with Gasteiger partial charge in [0.25, 0.3) is 0 Å². The SMILES string of the molecule is CCC(O)CNc1cc(NC)ncn1. The molecule has 0 amide bonds. The molecule has 1 aromatic heterocycles. The van der Waals surface area contributed by atoms with Crippen molar-refractivity contribution in [1.82, 2.24) is 9.97 Å². The summed E-state index contributed by atoms with van der Waals surface area (Å²) in [4.78, 5) is 8.00. The summed E-state index contributed by atoms with van der Waals surface area (Å²) >= 11 is 0. The van der Waals surface area contributed by atoms with Crippen molar-refractivity contribution in [2.75, 3.05) is 24.2 Å². The van der Waals surface area contributed by atoms with Crippen molar-refractivity contribution in [3.63, 3.8) is 0 Å². The van der Waals surface area contributed by atoms with E-state index < -0.39 is 0 Å². The fraction of sp³-hybridized carbons (Fsp3) is 0.556. The van der Waals surface area contributed by atoms with E-state index in [0.717, 1.165) is 18.1 Å². The Hall–Kier alpha value is -1.36. The maximum absolute atomic E-state index is 9.32. The van der Waals surface area contributed by atoms with E-state index in [1.165, 1.54) is 6.33 Å². The van der Waals surface area contributed by atoms with E-state index in [1.807, 2.05) is 6.92 Å². The smallest absolute Gasteiger partial charge is 0.131 e. The average Bonchev–Trinajstić information content (AvgIpc) is 2.26. The number of hydrogen-bond acceptors (Lipinski definition) is 5. The third-order valence-electron chi connectivity index (χ3n) is 1.91. The molecular weight excluding hydrogens is 180 g/mol. The molecule has 14 heavy (non-hydrogen) atoms. The summed E-state index contributed by atoms with van der Waals surface area (Å²) in [5.41, 5.74) is 0. The molecule has 1 rings (SSSR count). The molecule has 1 aromatic rings. The minimum Gasteiger partial charge on any atom is -0.391 e. The molecule has 78 valence electrons. The molecule has 0 fully saturated rings. The summed E-state index contributed by atoms with van der Waals surface area (Å²) in [6.45, 7) is 2.45. The van der Waals surface area contributed by atoms with Crippen LogP contribution in [-0.4, -0.2) is 34.8 Å². The first-order valence-corrected chi connectivity index (χ1v) is 4.68. The van der Waals surface area contributed by atoms with Gasteiger partial charge in [0.15, 0.2) is 0 Å². The number of aliphatic hydroxyl groups excluding tert-OH is 1. The predicted octanol–water partition coefficient (Wildman–Crippen LogP) is 0.701. The zero-order valence-corrected chi connectivity index (χ0v) is 8.49. The molecule has 1 atom stereocenters. The zero-order chi connectivity index (χ0) is 10.4. The molecule has 0 bridgehead atoms. The molecular formula is C9H16N4O. The van der Waals surface area contributed by atoms with Gasteiger partial charge in [0, 0.05) is 19.7 Å². The normalized spacial score (nSPS) is 12.2. The lowest BCUT2D eigenvalue weighted by atomic mass is 10.3. The van der Waals surface area contributed by atoms with Gasteiger partial charge in [-0.25, -0.2) is 9.97 Å². The molecule has 0 aromatic carbocycles. The maximum atomic E-state index is 9.32. The largest absolute Gasteiger partial charge is 0.391 e. The van der Waals surface area contributed by atoms with Gasteiger partial charge in [0.05, 0.1) is 6.10 Å². The second-order valence-corrected chi connectivity index (χ2v) is 2.98. The molecule has 0 radical (unpaired) electrons. The first-order valence-electron chi connectivity index (χ1n) is 4.68. The fourth-order valence-electron chi connectivity index (χ4n) is 0.957. The van der Waals surface area contributed by atoms with Gasteiger partial charge in [0.1, 0.15) is 18.0 Å². The number of anilines is 2. The Labute approximate surface area is 83.6 Å².